The van der Waals surface area contributed by atoms with Crippen molar-refractivity contribution >= 4 is 35.4 Å². The van der Waals surface area contributed by atoms with Crippen LogP contribution < -0.4 is 20.6 Å². The highest BCUT2D eigenvalue weighted by Gasteiger charge is 2.11. The fraction of sp³-hybridized carbons (Fsp3) is 0.300. The predicted octanol–water partition coefficient (Wildman–Crippen LogP) is 4.89. The number of nitrogens with one attached hydrogen (secondary N) is 1. The van der Waals surface area contributed by atoms with Gasteiger partial charge in [0.15, 0.2) is 5.75 Å². The molecule has 6 nitrogen and oxygen atoms in total. The molecule has 150 valence electrons. The molecule has 8 heteroatoms. The Morgan fingerprint density at radius 1 is 1.18 bits per heavy atom. The molecular weight excluding hydrogens is 401 g/mol. The van der Waals surface area contributed by atoms with Crippen LogP contribution in [0.4, 0.5) is 4.79 Å². The molecule has 0 heterocycles. The minimum Gasteiger partial charge on any atom is -0.490 e. The van der Waals surface area contributed by atoms with Gasteiger partial charge < -0.3 is 15.2 Å². The SMILES string of the molecule is Cc1ccc(C(C)C)c(OCCOc2c(Cl)cc(/C=N\NC(N)=O)cc2Cl)c1. The van der Waals surface area contributed by atoms with Gasteiger partial charge >= 0.3 is 6.03 Å². The lowest BCUT2D eigenvalue weighted by molar-refractivity contribution is 0.215. The van der Waals surface area contributed by atoms with E-state index in [0.29, 0.717) is 33.9 Å². The van der Waals surface area contributed by atoms with Crippen LogP contribution in [0.1, 0.15) is 36.5 Å². The molecule has 0 bridgehead atoms. The van der Waals surface area contributed by atoms with Crippen molar-refractivity contribution in [3.05, 3.63) is 57.1 Å². The van der Waals surface area contributed by atoms with E-state index in [9.17, 15) is 4.79 Å². The summed E-state index contributed by atoms with van der Waals surface area (Å²) < 4.78 is 11.6. The molecule has 2 amide bonds. The van der Waals surface area contributed by atoms with E-state index in [2.05, 4.69) is 36.5 Å². The van der Waals surface area contributed by atoms with E-state index in [0.717, 1.165) is 16.9 Å². The summed E-state index contributed by atoms with van der Waals surface area (Å²) in [7, 11) is 0. The molecule has 0 atom stereocenters. The van der Waals surface area contributed by atoms with Crippen LogP contribution in [-0.2, 0) is 0 Å². The van der Waals surface area contributed by atoms with Gasteiger partial charge in [0.2, 0.25) is 0 Å². The van der Waals surface area contributed by atoms with Gasteiger partial charge in [-0.3, -0.25) is 0 Å². The van der Waals surface area contributed by atoms with Gasteiger partial charge in [-0.25, -0.2) is 10.2 Å². The van der Waals surface area contributed by atoms with Crippen molar-refractivity contribution in [2.75, 3.05) is 13.2 Å². The highest BCUT2D eigenvalue weighted by Crippen LogP contribution is 2.34. The van der Waals surface area contributed by atoms with Gasteiger partial charge in [0.05, 0.1) is 16.3 Å². The molecule has 0 aliphatic heterocycles. The van der Waals surface area contributed by atoms with Crippen LogP contribution in [0.5, 0.6) is 11.5 Å². The second kappa shape index (κ2) is 10.2. The molecule has 0 spiro atoms. The molecule has 0 saturated carbocycles. The number of nitrogens with zero attached hydrogens (tertiary/aromatic N) is 1. The molecule has 28 heavy (non-hydrogen) atoms. The van der Waals surface area contributed by atoms with Crippen molar-refractivity contribution in [2.24, 2.45) is 10.8 Å². The summed E-state index contributed by atoms with van der Waals surface area (Å²) in [6.07, 6.45) is 1.38. The molecule has 0 radical (unpaired) electrons. The number of hydrogen-bond acceptors (Lipinski definition) is 4. The number of carbonyl (C=O) groups excluding carboxylic acids is 1. The standard InChI is InChI=1S/C20H23Cl2N3O3/c1-12(2)15-5-4-13(3)8-18(15)27-6-7-28-19-16(21)9-14(10-17(19)22)11-24-25-20(23)26/h4-5,8-12H,6-7H2,1-3H3,(H3,23,25,26)/b24-11-. The van der Waals surface area contributed by atoms with Gasteiger partial charge in [0.1, 0.15) is 19.0 Å². The number of nitrogens with two attached hydrogens (primary N) is 1. The Labute approximate surface area is 174 Å². The Balaban J connectivity index is 1.97. The lowest BCUT2D eigenvalue weighted by Gasteiger charge is -2.16. The molecular formula is C20H23Cl2N3O3. The highest BCUT2D eigenvalue weighted by atomic mass is 35.5. The number of carbonyl (C=O) groups is 1. The number of urea groups is 1. The van der Waals surface area contributed by atoms with Crippen molar-refractivity contribution in [1.29, 1.82) is 0 Å². The smallest absolute Gasteiger partial charge is 0.332 e. The molecule has 2 rings (SSSR count). The van der Waals surface area contributed by atoms with Crippen molar-refractivity contribution in [2.45, 2.75) is 26.7 Å². The summed E-state index contributed by atoms with van der Waals surface area (Å²) in [6, 6.07) is 8.64. The minimum atomic E-state index is -0.761. The maximum Gasteiger partial charge on any atom is 0.332 e. The molecule has 0 fully saturated rings. The van der Waals surface area contributed by atoms with Crippen LogP contribution in [0, 0.1) is 6.92 Å². The molecule has 0 unspecified atom stereocenters. The number of ether oxygens (including phenoxy) is 2. The summed E-state index contributed by atoms with van der Waals surface area (Å²) in [5.74, 6) is 1.57. The van der Waals surface area contributed by atoms with Crippen LogP contribution in [0.2, 0.25) is 10.0 Å². The second-order valence-electron chi connectivity index (χ2n) is 6.44. The van der Waals surface area contributed by atoms with Gasteiger partial charge in [0, 0.05) is 0 Å². The van der Waals surface area contributed by atoms with Gasteiger partial charge in [-0.1, -0.05) is 49.2 Å². The number of hydrazone groups is 1. The van der Waals surface area contributed by atoms with Crippen molar-refractivity contribution in [1.82, 2.24) is 5.43 Å². The molecule has 2 aromatic rings. The summed E-state index contributed by atoms with van der Waals surface area (Å²) in [4.78, 5) is 10.6. The maximum atomic E-state index is 10.6. The first-order chi connectivity index (χ1) is 13.3. The first kappa shape index (κ1) is 21.9. The van der Waals surface area contributed by atoms with Gasteiger partial charge in [-0.2, -0.15) is 5.10 Å². The van der Waals surface area contributed by atoms with Crippen LogP contribution >= 0.6 is 23.2 Å². The number of hydrogen-bond donors (Lipinski definition) is 2. The number of amides is 2. The summed E-state index contributed by atoms with van der Waals surface area (Å²) >= 11 is 12.5. The Bertz CT molecular complexity index is 847. The number of aryl methyl sites for hydroxylation is 1. The minimum absolute atomic E-state index is 0.279. The summed E-state index contributed by atoms with van der Waals surface area (Å²) in [5, 5.41) is 4.31. The Hall–Kier alpha value is -2.44. The quantitative estimate of drug-likeness (QED) is 0.360. The molecule has 0 aliphatic carbocycles. The molecule has 3 N–H and O–H groups in total. The molecule has 0 aromatic heterocycles. The average molecular weight is 424 g/mol. The number of rotatable bonds is 8. The predicted molar refractivity (Wildman–Crippen MR) is 113 cm³/mol. The summed E-state index contributed by atoms with van der Waals surface area (Å²) in [6.45, 7) is 6.90. The second-order valence-corrected chi connectivity index (χ2v) is 7.26. The van der Waals surface area contributed by atoms with Gasteiger partial charge in [0.25, 0.3) is 0 Å². The molecule has 2 aromatic carbocycles. The first-order valence-corrected chi connectivity index (χ1v) is 9.47. The third kappa shape index (κ3) is 6.32. The third-order valence-corrected chi connectivity index (χ3v) is 4.35. The van der Waals surface area contributed by atoms with E-state index in [-0.39, 0.29) is 6.61 Å². The van der Waals surface area contributed by atoms with Crippen molar-refractivity contribution < 1.29 is 14.3 Å². The van der Waals surface area contributed by atoms with Crippen molar-refractivity contribution in [3.8, 4) is 11.5 Å². The zero-order chi connectivity index (χ0) is 20.7. The Kier molecular flexibility index (Phi) is 7.96. The lowest BCUT2D eigenvalue weighted by atomic mass is 10.0. The number of benzene rings is 2. The molecule has 0 aliphatic rings. The fourth-order valence-corrected chi connectivity index (χ4v) is 3.11. The van der Waals surface area contributed by atoms with Gasteiger partial charge in [-0.15, -0.1) is 0 Å². The monoisotopic (exact) mass is 423 g/mol. The largest absolute Gasteiger partial charge is 0.490 e. The van der Waals surface area contributed by atoms with E-state index >= 15 is 0 Å². The third-order valence-electron chi connectivity index (χ3n) is 3.79. The number of halogens is 2. The fourth-order valence-electron chi connectivity index (χ4n) is 2.50. The Morgan fingerprint density at radius 2 is 1.82 bits per heavy atom. The van der Waals surface area contributed by atoms with E-state index in [1.807, 2.05) is 13.0 Å². The van der Waals surface area contributed by atoms with Crippen LogP contribution in [-0.4, -0.2) is 25.5 Å². The van der Waals surface area contributed by atoms with E-state index in [1.165, 1.54) is 6.21 Å². The van der Waals surface area contributed by atoms with E-state index in [1.54, 1.807) is 12.1 Å². The summed E-state index contributed by atoms with van der Waals surface area (Å²) in [5.41, 5.74) is 9.91. The maximum absolute atomic E-state index is 10.6. The number of primary amides is 1. The van der Waals surface area contributed by atoms with Crippen LogP contribution in [0.25, 0.3) is 0 Å². The van der Waals surface area contributed by atoms with Crippen LogP contribution in [0.3, 0.4) is 0 Å². The van der Waals surface area contributed by atoms with Crippen LogP contribution in [0.15, 0.2) is 35.4 Å². The van der Waals surface area contributed by atoms with Gasteiger partial charge in [-0.05, 0) is 47.7 Å². The Morgan fingerprint density at radius 3 is 2.43 bits per heavy atom. The first-order valence-electron chi connectivity index (χ1n) is 8.71. The highest BCUT2D eigenvalue weighted by molar-refractivity contribution is 6.37. The average Bonchev–Trinajstić information content (AvgIpc) is 2.60. The lowest BCUT2D eigenvalue weighted by Crippen LogP contribution is -2.24. The normalized spacial score (nSPS) is 11.1. The zero-order valence-electron chi connectivity index (χ0n) is 16.0. The van der Waals surface area contributed by atoms with E-state index in [4.69, 9.17) is 38.4 Å². The molecule has 0 saturated heterocycles. The topological polar surface area (TPSA) is 85.9 Å². The zero-order valence-corrected chi connectivity index (χ0v) is 17.5. The van der Waals surface area contributed by atoms with E-state index < -0.39 is 6.03 Å². The van der Waals surface area contributed by atoms with Crippen molar-refractivity contribution in [3.63, 3.8) is 0 Å².